The van der Waals surface area contributed by atoms with Crippen molar-refractivity contribution in [1.82, 2.24) is 10.2 Å². The second-order valence-corrected chi connectivity index (χ2v) is 11.4. The summed E-state index contributed by atoms with van der Waals surface area (Å²) in [5.74, 6) is -0.781. The van der Waals surface area contributed by atoms with Gasteiger partial charge in [-0.25, -0.2) is 12.8 Å². The molecule has 0 saturated heterocycles. The van der Waals surface area contributed by atoms with Gasteiger partial charge in [0.1, 0.15) is 31.6 Å². The molecule has 1 aliphatic heterocycles. The molecule has 0 unspecified atom stereocenters. The minimum absolute atomic E-state index is 0.0979. The van der Waals surface area contributed by atoms with Crippen LogP contribution in [0.5, 0.6) is 11.5 Å². The van der Waals surface area contributed by atoms with E-state index in [-0.39, 0.29) is 35.4 Å². The van der Waals surface area contributed by atoms with Crippen LogP contribution in [-0.4, -0.2) is 64.0 Å². The lowest BCUT2D eigenvalue weighted by molar-refractivity contribution is -0.138. The normalized spacial score (nSPS) is 13.2. The van der Waals surface area contributed by atoms with Crippen molar-refractivity contribution in [1.29, 1.82) is 0 Å². The highest BCUT2D eigenvalue weighted by Crippen LogP contribution is 2.34. The lowest BCUT2D eigenvalue weighted by Gasteiger charge is -2.32. The van der Waals surface area contributed by atoms with E-state index in [2.05, 4.69) is 5.32 Å². The summed E-state index contributed by atoms with van der Waals surface area (Å²) in [4.78, 5) is 28.0. The second kappa shape index (κ2) is 13.5. The fourth-order valence-electron chi connectivity index (χ4n) is 4.41. The first-order valence-electron chi connectivity index (χ1n) is 13.5. The van der Waals surface area contributed by atoms with Gasteiger partial charge in [0.25, 0.3) is 10.0 Å². The number of benzene rings is 3. The molecule has 0 aliphatic carbocycles. The van der Waals surface area contributed by atoms with Crippen LogP contribution < -0.4 is 19.1 Å². The predicted molar refractivity (Wildman–Crippen MR) is 153 cm³/mol. The van der Waals surface area contributed by atoms with Gasteiger partial charge in [-0.2, -0.15) is 0 Å². The van der Waals surface area contributed by atoms with E-state index in [0.717, 1.165) is 28.4 Å². The highest BCUT2D eigenvalue weighted by Gasteiger charge is 2.33. The summed E-state index contributed by atoms with van der Waals surface area (Å²) in [5, 5.41) is 2.81. The molecule has 0 aromatic heterocycles. The Kier molecular flexibility index (Phi) is 9.82. The zero-order valence-corrected chi connectivity index (χ0v) is 23.9. The van der Waals surface area contributed by atoms with E-state index < -0.39 is 34.3 Å². The summed E-state index contributed by atoms with van der Waals surface area (Å²) >= 11 is 0. The van der Waals surface area contributed by atoms with Crippen LogP contribution in [0, 0.1) is 5.82 Å². The third kappa shape index (κ3) is 7.35. The number of halogens is 1. The van der Waals surface area contributed by atoms with Crippen LogP contribution in [-0.2, 0) is 26.0 Å². The van der Waals surface area contributed by atoms with Gasteiger partial charge in [0, 0.05) is 19.2 Å². The molecule has 0 spiro atoms. The highest BCUT2D eigenvalue weighted by molar-refractivity contribution is 7.92. The summed E-state index contributed by atoms with van der Waals surface area (Å²) < 4.78 is 53.7. The number of hydrogen-bond acceptors (Lipinski definition) is 6. The van der Waals surface area contributed by atoms with Crippen molar-refractivity contribution < 1.29 is 31.9 Å². The first-order valence-corrected chi connectivity index (χ1v) is 14.9. The van der Waals surface area contributed by atoms with Gasteiger partial charge in [0.15, 0.2) is 11.5 Å². The lowest BCUT2D eigenvalue weighted by Crippen LogP contribution is -2.52. The number of rotatable bonds is 12. The molecule has 0 saturated carbocycles. The maximum absolute atomic E-state index is 14.0. The maximum Gasteiger partial charge on any atom is 0.264 e. The average Bonchev–Trinajstić information content (AvgIpc) is 2.99. The first-order chi connectivity index (χ1) is 19.7. The number of nitrogens with zero attached hydrogens (tertiary/aromatic N) is 2. The number of carbonyl (C=O) groups excluding carboxylic acids is 2. The van der Waals surface area contributed by atoms with Gasteiger partial charge in [0.05, 0.1) is 10.6 Å². The predicted octanol–water partition coefficient (Wildman–Crippen LogP) is 3.78. The Labute approximate surface area is 239 Å². The monoisotopic (exact) mass is 583 g/mol. The topological polar surface area (TPSA) is 105 Å². The van der Waals surface area contributed by atoms with E-state index in [1.54, 1.807) is 6.92 Å². The molecular formula is C30H34FN3O6S. The molecule has 2 amide bonds. The van der Waals surface area contributed by atoms with E-state index in [0.29, 0.717) is 25.3 Å². The molecule has 1 atom stereocenters. The van der Waals surface area contributed by atoms with Crippen LogP contribution in [0.3, 0.4) is 0 Å². The van der Waals surface area contributed by atoms with E-state index >= 15 is 0 Å². The van der Waals surface area contributed by atoms with Gasteiger partial charge in [-0.05, 0) is 61.7 Å². The molecule has 1 N–H and O–H groups in total. The standard InChI is InChI=1S/C30H34FN3O6S/c1-3-16-32-30(36)22(2)33(17-15-23-7-5-4-6-8-23)29(35)21-34(25-11-9-24(31)10-12-25)41(37,38)26-13-14-27-28(20-26)40-19-18-39-27/h4-14,20,22H,3,15-19,21H2,1-2H3,(H,32,36)/t22-/m0/s1. The number of ether oxygens (including phenoxy) is 2. The average molecular weight is 584 g/mol. The number of carbonyl (C=O) groups is 2. The van der Waals surface area contributed by atoms with Crippen molar-refractivity contribution in [3.8, 4) is 11.5 Å². The molecule has 41 heavy (non-hydrogen) atoms. The zero-order chi connectivity index (χ0) is 29.4. The van der Waals surface area contributed by atoms with Gasteiger partial charge in [-0.15, -0.1) is 0 Å². The van der Waals surface area contributed by atoms with Crippen LogP contribution in [0.2, 0.25) is 0 Å². The smallest absolute Gasteiger partial charge is 0.264 e. The molecule has 11 heteroatoms. The summed E-state index contributed by atoms with van der Waals surface area (Å²) in [6.07, 6.45) is 1.19. The van der Waals surface area contributed by atoms with E-state index in [4.69, 9.17) is 9.47 Å². The molecule has 3 aromatic carbocycles. The Morgan fingerprint density at radius 1 is 0.976 bits per heavy atom. The van der Waals surface area contributed by atoms with Crippen LogP contribution >= 0.6 is 0 Å². The van der Waals surface area contributed by atoms with Crippen LogP contribution in [0.4, 0.5) is 10.1 Å². The van der Waals surface area contributed by atoms with Crippen molar-refractivity contribution >= 4 is 27.5 Å². The third-order valence-electron chi connectivity index (χ3n) is 6.70. The number of fused-ring (bicyclic) bond motifs is 1. The number of sulfonamides is 1. The van der Waals surface area contributed by atoms with Crippen LogP contribution in [0.25, 0.3) is 0 Å². The van der Waals surface area contributed by atoms with Crippen molar-refractivity contribution in [2.75, 3.05) is 37.2 Å². The molecule has 1 heterocycles. The van der Waals surface area contributed by atoms with Gasteiger partial charge in [0.2, 0.25) is 11.8 Å². The minimum Gasteiger partial charge on any atom is -0.486 e. The Balaban J connectivity index is 1.67. The second-order valence-electron chi connectivity index (χ2n) is 9.58. The quantitative estimate of drug-likeness (QED) is 0.348. The molecule has 0 radical (unpaired) electrons. The van der Waals surface area contributed by atoms with E-state index in [9.17, 15) is 22.4 Å². The number of amides is 2. The van der Waals surface area contributed by atoms with Crippen molar-refractivity contribution in [3.63, 3.8) is 0 Å². The highest BCUT2D eigenvalue weighted by atomic mass is 32.2. The Morgan fingerprint density at radius 3 is 2.34 bits per heavy atom. The first kappa shape index (κ1) is 29.9. The van der Waals surface area contributed by atoms with Crippen LogP contribution in [0.15, 0.2) is 77.7 Å². The molecule has 3 aromatic rings. The largest absolute Gasteiger partial charge is 0.486 e. The Morgan fingerprint density at radius 2 is 1.66 bits per heavy atom. The van der Waals surface area contributed by atoms with Crippen molar-refractivity contribution in [3.05, 3.63) is 84.2 Å². The molecule has 4 rings (SSSR count). The van der Waals surface area contributed by atoms with Gasteiger partial charge >= 0.3 is 0 Å². The number of nitrogens with one attached hydrogen (secondary N) is 1. The fraction of sp³-hybridized carbons (Fsp3) is 0.333. The van der Waals surface area contributed by atoms with Gasteiger partial charge in [-0.3, -0.25) is 13.9 Å². The number of hydrogen-bond donors (Lipinski definition) is 1. The van der Waals surface area contributed by atoms with E-state index in [1.807, 2.05) is 37.3 Å². The molecule has 218 valence electrons. The van der Waals surface area contributed by atoms with E-state index in [1.165, 1.54) is 35.2 Å². The SMILES string of the molecule is CCCNC(=O)[C@H](C)N(CCc1ccccc1)C(=O)CN(c1ccc(F)cc1)S(=O)(=O)c1ccc2c(c1)OCCO2. The molecule has 0 bridgehead atoms. The summed E-state index contributed by atoms with van der Waals surface area (Å²) in [6, 6.07) is 17.7. The van der Waals surface area contributed by atoms with Crippen molar-refractivity contribution in [2.24, 2.45) is 0 Å². The molecule has 9 nitrogen and oxygen atoms in total. The van der Waals surface area contributed by atoms with Crippen molar-refractivity contribution in [2.45, 2.75) is 37.6 Å². The maximum atomic E-state index is 14.0. The number of anilines is 1. The third-order valence-corrected chi connectivity index (χ3v) is 8.47. The Bertz CT molecular complexity index is 1450. The molecule has 0 fully saturated rings. The summed E-state index contributed by atoms with van der Waals surface area (Å²) in [6.45, 7) is 4.18. The molecule has 1 aliphatic rings. The summed E-state index contributed by atoms with van der Waals surface area (Å²) in [7, 11) is -4.33. The van der Waals surface area contributed by atoms with Gasteiger partial charge < -0.3 is 19.7 Å². The molecular weight excluding hydrogens is 549 g/mol. The van der Waals surface area contributed by atoms with Crippen LogP contribution in [0.1, 0.15) is 25.8 Å². The minimum atomic E-state index is -4.33. The fourth-order valence-corrected chi connectivity index (χ4v) is 5.84. The van der Waals surface area contributed by atoms with Gasteiger partial charge in [-0.1, -0.05) is 37.3 Å². The zero-order valence-electron chi connectivity index (χ0n) is 23.1. The summed E-state index contributed by atoms with van der Waals surface area (Å²) in [5.41, 5.74) is 1.06. The lowest BCUT2D eigenvalue weighted by atomic mass is 10.1. The Hall–Kier alpha value is -4.12.